The molecule has 0 aliphatic rings. The molecule has 0 fully saturated rings. The summed E-state index contributed by atoms with van der Waals surface area (Å²) < 4.78 is 16.8. The Bertz CT molecular complexity index is 1460. The number of esters is 3. The third-order valence-corrected chi connectivity index (χ3v) is 10.4. The van der Waals surface area contributed by atoms with Gasteiger partial charge in [0.1, 0.15) is 13.2 Å². The van der Waals surface area contributed by atoms with E-state index in [4.69, 9.17) is 14.2 Å². The van der Waals surface area contributed by atoms with E-state index < -0.39 is 6.10 Å². The lowest BCUT2D eigenvalue weighted by Crippen LogP contribution is -2.30. The highest BCUT2D eigenvalue weighted by atomic mass is 16.6. The SMILES string of the molecule is CC/C=C/C=C/C=C/CCCCCCCC(=O)OCC(COC(=O)CCCCC/C=C/C/C=C/C/C=C/C/C=C/C/C=C/CC)OC(=O)CCCCCCCC/C=C/C/C=C/C/C=C/CC. The van der Waals surface area contributed by atoms with Crippen LogP contribution < -0.4 is 0 Å². The highest BCUT2D eigenvalue weighted by Gasteiger charge is 2.19. The lowest BCUT2D eigenvalue weighted by atomic mass is 10.1. The Morgan fingerprint density at radius 2 is 0.621 bits per heavy atom. The first-order chi connectivity index (χ1) is 32.5. The Morgan fingerprint density at radius 1 is 0.318 bits per heavy atom. The molecule has 6 heteroatoms. The van der Waals surface area contributed by atoms with Crippen LogP contribution in [0.15, 0.2) is 134 Å². The molecule has 0 radical (unpaired) electrons. The summed E-state index contributed by atoms with van der Waals surface area (Å²) in [5, 5.41) is 0. The van der Waals surface area contributed by atoms with Gasteiger partial charge in [-0.25, -0.2) is 0 Å². The van der Waals surface area contributed by atoms with Crippen LogP contribution >= 0.6 is 0 Å². The van der Waals surface area contributed by atoms with E-state index in [2.05, 4.69) is 154 Å². The molecule has 0 bridgehead atoms. The van der Waals surface area contributed by atoms with Crippen LogP contribution in [0.4, 0.5) is 0 Å². The van der Waals surface area contributed by atoms with Gasteiger partial charge in [-0.2, -0.15) is 0 Å². The monoisotopic (exact) mass is 911 g/mol. The Kier molecular flexibility index (Phi) is 49.6. The molecule has 0 aromatic rings. The molecular weight excluding hydrogens is 817 g/mol. The van der Waals surface area contributed by atoms with E-state index in [0.29, 0.717) is 19.3 Å². The van der Waals surface area contributed by atoms with Crippen LogP contribution in [0.1, 0.15) is 207 Å². The van der Waals surface area contributed by atoms with E-state index in [1.807, 2.05) is 0 Å². The second-order valence-electron chi connectivity index (χ2n) is 16.7. The minimum Gasteiger partial charge on any atom is -0.462 e. The van der Waals surface area contributed by atoms with Crippen molar-refractivity contribution >= 4 is 17.9 Å². The van der Waals surface area contributed by atoms with Gasteiger partial charge in [-0.05, 0) is 116 Å². The van der Waals surface area contributed by atoms with Crippen LogP contribution in [-0.4, -0.2) is 37.2 Å². The molecule has 0 N–H and O–H groups in total. The maximum atomic E-state index is 12.8. The van der Waals surface area contributed by atoms with Gasteiger partial charge >= 0.3 is 17.9 Å². The fourth-order valence-electron chi connectivity index (χ4n) is 6.60. The predicted octanol–water partition coefficient (Wildman–Crippen LogP) is 17.5. The minimum absolute atomic E-state index is 0.110. The van der Waals surface area contributed by atoms with Gasteiger partial charge < -0.3 is 14.2 Å². The average Bonchev–Trinajstić information content (AvgIpc) is 3.31. The first-order valence-corrected chi connectivity index (χ1v) is 26.2. The molecule has 6 nitrogen and oxygen atoms in total. The number of allylic oxidation sites excluding steroid dienone is 22. The zero-order valence-electron chi connectivity index (χ0n) is 42.1. The molecule has 0 saturated carbocycles. The summed E-state index contributed by atoms with van der Waals surface area (Å²) in [6.07, 6.45) is 74.3. The van der Waals surface area contributed by atoms with Crippen molar-refractivity contribution < 1.29 is 28.6 Å². The molecule has 0 aromatic heterocycles. The summed E-state index contributed by atoms with van der Waals surface area (Å²) in [4.78, 5) is 38.0. The fourth-order valence-corrected chi connectivity index (χ4v) is 6.60. The van der Waals surface area contributed by atoms with E-state index in [1.165, 1.54) is 12.8 Å². The first kappa shape index (κ1) is 61.5. The molecule has 0 aliphatic carbocycles. The number of hydrogen-bond donors (Lipinski definition) is 0. The molecule has 0 aliphatic heterocycles. The molecule has 0 saturated heterocycles. The Balaban J connectivity index is 4.52. The van der Waals surface area contributed by atoms with Gasteiger partial charge in [-0.15, -0.1) is 0 Å². The number of hydrogen-bond acceptors (Lipinski definition) is 6. The molecule has 0 aromatic carbocycles. The van der Waals surface area contributed by atoms with E-state index in [1.54, 1.807) is 0 Å². The third kappa shape index (κ3) is 50.5. The number of ether oxygens (including phenoxy) is 3. The lowest BCUT2D eigenvalue weighted by molar-refractivity contribution is -0.167. The quantitative estimate of drug-likeness (QED) is 0.0199. The van der Waals surface area contributed by atoms with Crippen LogP contribution in [0.5, 0.6) is 0 Å². The van der Waals surface area contributed by atoms with E-state index >= 15 is 0 Å². The average molecular weight is 911 g/mol. The summed E-state index contributed by atoms with van der Waals surface area (Å²) in [6.45, 7) is 6.20. The smallest absolute Gasteiger partial charge is 0.306 e. The number of rotatable bonds is 45. The Labute approximate surface area is 405 Å². The summed E-state index contributed by atoms with van der Waals surface area (Å²) >= 11 is 0. The number of carbonyl (C=O) groups excluding carboxylic acids is 3. The van der Waals surface area contributed by atoms with Crippen LogP contribution in [-0.2, 0) is 28.6 Å². The second kappa shape index (κ2) is 53.2. The first-order valence-electron chi connectivity index (χ1n) is 26.2. The van der Waals surface area contributed by atoms with Gasteiger partial charge in [0.05, 0.1) is 0 Å². The predicted molar refractivity (Wildman–Crippen MR) is 283 cm³/mol. The van der Waals surface area contributed by atoms with Gasteiger partial charge in [0.2, 0.25) is 0 Å². The normalized spacial score (nSPS) is 13.2. The van der Waals surface area contributed by atoms with Crippen molar-refractivity contribution in [2.45, 2.75) is 213 Å². The summed E-state index contributed by atoms with van der Waals surface area (Å²) in [6, 6.07) is 0. The molecule has 0 rings (SSSR count). The molecule has 1 atom stereocenters. The van der Waals surface area contributed by atoms with Gasteiger partial charge in [-0.1, -0.05) is 206 Å². The van der Waals surface area contributed by atoms with Crippen LogP contribution in [0.25, 0.3) is 0 Å². The maximum Gasteiger partial charge on any atom is 0.306 e. The minimum atomic E-state index is -0.812. The zero-order chi connectivity index (χ0) is 47.9. The highest BCUT2D eigenvalue weighted by molar-refractivity contribution is 5.71. The highest BCUT2D eigenvalue weighted by Crippen LogP contribution is 2.13. The van der Waals surface area contributed by atoms with Crippen LogP contribution in [0.3, 0.4) is 0 Å². The summed E-state index contributed by atoms with van der Waals surface area (Å²) in [5.41, 5.74) is 0. The Hall–Kier alpha value is -4.45. The van der Waals surface area contributed by atoms with Crippen molar-refractivity contribution in [3.05, 3.63) is 134 Å². The van der Waals surface area contributed by atoms with Gasteiger partial charge in [0.25, 0.3) is 0 Å². The fraction of sp³-hybridized carbons (Fsp3) is 0.583. The van der Waals surface area contributed by atoms with Crippen molar-refractivity contribution in [1.82, 2.24) is 0 Å². The topological polar surface area (TPSA) is 78.9 Å². The van der Waals surface area contributed by atoms with Crippen LogP contribution in [0.2, 0.25) is 0 Å². The largest absolute Gasteiger partial charge is 0.462 e. The second-order valence-corrected chi connectivity index (χ2v) is 16.7. The standard InChI is InChI=1S/C60H94O6/c1-4-7-10-13-16-19-22-25-27-29-30-31-33-35-38-41-44-47-50-53-59(62)65-56-57(55-64-58(61)52-49-46-43-40-37-34-24-21-18-15-12-9-6-3)66-60(63)54-51-48-45-42-39-36-32-28-26-23-20-17-14-11-8-5-2/h7-12,15-21,24-28,30-31,35,38,57H,4-6,13-14,22-23,29,32-34,36-37,39-56H2,1-3H3/b10-7+,11-8+,12-9+,18-15+,19-16+,20-17+,24-21+,27-25+,28-26+,31-30+,38-35+. The van der Waals surface area contributed by atoms with Gasteiger partial charge in [0, 0.05) is 19.3 Å². The van der Waals surface area contributed by atoms with Gasteiger partial charge in [-0.3, -0.25) is 14.4 Å². The third-order valence-electron chi connectivity index (χ3n) is 10.4. The number of unbranched alkanes of at least 4 members (excludes halogenated alkanes) is 14. The van der Waals surface area contributed by atoms with Crippen molar-refractivity contribution in [3.8, 4) is 0 Å². The van der Waals surface area contributed by atoms with E-state index in [-0.39, 0.29) is 31.1 Å². The molecule has 0 spiro atoms. The van der Waals surface area contributed by atoms with Crippen LogP contribution in [0, 0.1) is 0 Å². The van der Waals surface area contributed by atoms with Crippen molar-refractivity contribution in [3.63, 3.8) is 0 Å². The van der Waals surface area contributed by atoms with E-state index in [0.717, 1.165) is 154 Å². The van der Waals surface area contributed by atoms with Gasteiger partial charge in [0.15, 0.2) is 6.10 Å². The lowest BCUT2D eigenvalue weighted by Gasteiger charge is -2.18. The van der Waals surface area contributed by atoms with Crippen molar-refractivity contribution in [2.75, 3.05) is 13.2 Å². The molecule has 0 amide bonds. The number of carbonyl (C=O) groups is 3. The van der Waals surface area contributed by atoms with Crippen molar-refractivity contribution in [2.24, 2.45) is 0 Å². The maximum absolute atomic E-state index is 12.8. The summed E-state index contributed by atoms with van der Waals surface area (Å²) in [5.74, 6) is -0.984. The molecule has 66 heavy (non-hydrogen) atoms. The Morgan fingerprint density at radius 3 is 1.03 bits per heavy atom. The van der Waals surface area contributed by atoms with E-state index in [9.17, 15) is 14.4 Å². The van der Waals surface area contributed by atoms with Crippen molar-refractivity contribution in [1.29, 1.82) is 0 Å². The summed E-state index contributed by atoms with van der Waals surface area (Å²) in [7, 11) is 0. The molecule has 0 heterocycles. The zero-order valence-corrected chi connectivity index (χ0v) is 42.1. The molecule has 1 unspecified atom stereocenters. The molecule has 370 valence electrons. The molecular formula is C60H94O6.